The zero-order valence-corrected chi connectivity index (χ0v) is 27.1. The van der Waals surface area contributed by atoms with Crippen LogP contribution < -0.4 is 4.90 Å². The highest BCUT2D eigenvalue weighted by Gasteiger charge is 2.21. The van der Waals surface area contributed by atoms with Gasteiger partial charge in [-0.15, -0.1) is 11.3 Å². The number of thiophene rings is 1. The summed E-state index contributed by atoms with van der Waals surface area (Å²) >= 11 is 1.89. The molecular formula is C46H31NS. The topological polar surface area (TPSA) is 3.24 Å². The molecule has 9 aromatic rings. The van der Waals surface area contributed by atoms with Crippen molar-refractivity contribution in [3.8, 4) is 33.4 Å². The number of nitrogens with zero attached hydrogens (tertiary/aromatic N) is 1. The van der Waals surface area contributed by atoms with E-state index in [0.717, 1.165) is 11.4 Å². The third kappa shape index (κ3) is 5.04. The van der Waals surface area contributed by atoms with Gasteiger partial charge in [0.2, 0.25) is 0 Å². The van der Waals surface area contributed by atoms with Crippen LogP contribution in [0.4, 0.5) is 17.1 Å². The summed E-state index contributed by atoms with van der Waals surface area (Å²) in [4.78, 5) is 2.44. The number of anilines is 3. The molecule has 0 atom stereocenters. The first-order valence-corrected chi connectivity index (χ1v) is 17.2. The van der Waals surface area contributed by atoms with E-state index in [4.69, 9.17) is 0 Å². The van der Waals surface area contributed by atoms with Gasteiger partial charge in [0.25, 0.3) is 0 Å². The lowest BCUT2D eigenvalue weighted by molar-refractivity contribution is 1.30. The second kappa shape index (κ2) is 12.0. The second-order valence-corrected chi connectivity index (χ2v) is 13.2. The summed E-state index contributed by atoms with van der Waals surface area (Å²) in [6.45, 7) is 0. The van der Waals surface area contributed by atoms with E-state index in [-0.39, 0.29) is 0 Å². The number of rotatable bonds is 6. The Labute approximate surface area is 284 Å². The molecule has 2 heteroatoms. The quantitative estimate of drug-likeness (QED) is 0.177. The summed E-state index contributed by atoms with van der Waals surface area (Å²) in [5.74, 6) is 0. The lowest BCUT2D eigenvalue weighted by Crippen LogP contribution is -2.10. The van der Waals surface area contributed by atoms with E-state index < -0.39 is 0 Å². The average Bonchev–Trinajstić information content (AvgIpc) is 3.57. The van der Waals surface area contributed by atoms with Gasteiger partial charge in [0, 0.05) is 31.5 Å². The zero-order valence-electron chi connectivity index (χ0n) is 26.3. The van der Waals surface area contributed by atoms with Gasteiger partial charge in [0.15, 0.2) is 0 Å². The molecule has 0 saturated heterocycles. The van der Waals surface area contributed by atoms with E-state index in [9.17, 15) is 0 Å². The molecule has 0 amide bonds. The smallest absolute Gasteiger partial charge is 0.0561 e. The highest BCUT2D eigenvalue weighted by atomic mass is 32.1. The first kappa shape index (κ1) is 28.3. The molecule has 0 aliphatic rings. The van der Waals surface area contributed by atoms with Crippen molar-refractivity contribution >= 4 is 59.3 Å². The molecule has 0 unspecified atom stereocenters. The predicted octanol–water partition coefficient (Wildman–Crippen LogP) is 13.7. The van der Waals surface area contributed by atoms with Crippen LogP contribution in [0.1, 0.15) is 0 Å². The Bertz CT molecular complexity index is 2430. The maximum atomic E-state index is 2.44. The monoisotopic (exact) mass is 629 g/mol. The highest BCUT2D eigenvalue weighted by molar-refractivity contribution is 7.26. The third-order valence-electron chi connectivity index (χ3n) is 9.25. The van der Waals surface area contributed by atoms with Crippen LogP contribution in [0.2, 0.25) is 0 Å². The first-order chi connectivity index (χ1) is 23.8. The molecule has 8 aromatic carbocycles. The molecule has 0 saturated carbocycles. The molecule has 9 rings (SSSR count). The number of fused-ring (bicyclic) bond motifs is 5. The van der Waals surface area contributed by atoms with Crippen LogP contribution in [-0.2, 0) is 0 Å². The van der Waals surface area contributed by atoms with Crippen LogP contribution in [0.25, 0.3) is 64.3 Å². The van der Waals surface area contributed by atoms with Crippen LogP contribution >= 0.6 is 11.3 Å². The molecular weight excluding hydrogens is 599 g/mol. The fraction of sp³-hybridized carbons (Fsp3) is 0. The first-order valence-electron chi connectivity index (χ1n) is 16.3. The van der Waals surface area contributed by atoms with Crippen LogP contribution in [0.15, 0.2) is 188 Å². The largest absolute Gasteiger partial charge is 0.310 e. The summed E-state index contributed by atoms with van der Waals surface area (Å²) < 4.78 is 2.61. The fourth-order valence-electron chi connectivity index (χ4n) is 6.88. The van der Waals surface area contributed by atoms with Crippen molar-refractivity contribution in [1.29, 1.82) is 0 Å². The summed E-state index contributed by atoms with van der Waals surface area (Å²) in [5, 5.41) is 5.09. The van der Waals surface area contributed by atoms with Crippen molar-refractivity contribution in [2.75, 3.05) is 4.90 Å². The molecule has 0 aliphatic carbocycles. The minimum absolute atomic E-state index is 1.12. The van der Waals surface area contributed by atoms with Crippen LogP contribution in [0.5, 0.6) is 0 Å². The van der Waals surface area contributed by atoms with Gasteiger partial charge in [-0.3, -0.25) is 0 Å². The molecule has 1 nitrogen and oxygen atoms in total. The normalized spacial score (nSPS) is 11.3. The second-order valence-electron chi connectivity index (χ2n) is 12.2. The summed E-state index contributed by atoms with van der Waals surface area (Å²) in [7, 11) is 0. The third-order valence-corrected chi connectivity index (χ3v) is 10.5. The maximum absolute atomic E-state index is 2.44. The summed E-state index contributed by atoms with van der Waals surface area (Å²) in [6.07, 6.45) is 0. The average molecular weight is 630 g/mol. The Kier molecular flexibility index (Phi) is 7.07. The van der Waals surface area contributed by atoms with Crippen molar-refractivity contribution in [1.82, 2.24) is 0 Å². The van der Waals surface area contributed by atoms with Gasteiger partial charge in [0.1, 0.15) is 0 Å². The Balaban J connectivity index is 1.30. The molecule has 0 radical (unpaired) electrons. The van der Waals surface area contributed by atoms with Crippen molar-refractivity contribution in [3.63, 3.8) is 0 Å². The van der Waals surface area contributed by atoms with Crippen LogP contribution in [0, 0.1) is 0 Å². The van der Waals surface area contributed by atoms with E-state index in [1.807, 2.05) is 11.3 Å². The standard InChI is InChI=1S/C46H31NS/c1-4-12-32(13-5-1)35-20-25-39(26-21-35)47(40-27-22-36(23-28-40)33-14-6-2-7-15-33)43-31-38-30-37(34-16-8-3-9-17-34)24-29-41(38)46-45(43)42-18-10-11-19-44(42)48-46/h1-31H. The molecule has 0 bridgehead atoms. The fourth-order valence-corrected chi connectivity index (χ4v) is 8.14. The van der Waals surface area contributed by atoms with E-state index in [2.05, 4.69) is 193 Å². The summed E-state index contributed by atoms with van der Waals surface area (Å²) in [6, 6.07) is 68.1. The molecule has 226 valence electrons. The van der Waals surface area contributed by atoms with Crippen molar-refractivity contribution in [2.24, 2.45) is 0 Å². The number of hydrogen-bond donors (Lipinski definition) is 0. The van der Waals surface area contributed by atoms with Gasteiger partial charge < -0.3 is 4.90 Å². The molecule has 0 spiro atoms. The molecule has 0 fully saturated rings. The molecule has 0 N–H and O–H groups in total. The van der Waals surface area contributed by atoms with Crippen LogP contribution in [0.3, 0.4) is 0 Å². The number of hydrogen-bond acceptors (Lipinski definition) is 2. The van der Waals surface area contributed by atoms with E-state index in [1.54, 1.807) is 0 Å². The van der Waals surface area contributed by atoms with E-state index in [0.29, 0.717) is 0 Å². The van der Waals surface area contributed by atoms with Gasteiger partial charge in [-0.25, -0.2) is 0 Å². The van der Waals surface area contributed by atoms with Gasteiger partial charge in [0.05, 0.1) is 5.69 Å². The molecule has 1 aromatic heterocycles. The zero-order chi connectivity index (χ0) is 31.9. The minimum Gasteiger partial charge on any atom is -0.310 e. The maximum Gasteiger partial charge on any atom is 0.0561 e. The van der Waals surface area contributed by atoms with Crippen molar-refractivity contribution in [3.05, 3.63) is 188 Å². The highest BCUT2D eigenvalue weighted by Crippen LogP contribution is 2.48. The van der Waals surface area contributed by atoms with Gasteiger partial charge in [-0.1, -0.05) is 146 Å². The Morgan fingerprint density at radius 2 is 0.812 bits per heavy atom. The van der Waals surface area contributed by atoms with Gasteiger partial charge in [-0.2, -0.15) is 0 Å². The van der Waals surface area contributed by atoms with Crippen molar-refractivity contribution in [2.45, 2.75) is 0 Å². The Morgan fingerprint density at radius 3 is 1.38 bits per heavy atom. The van der Waals surface area contributed by atoms with Gasteiger partial charge >= 0.3 is 0 Å². The van der Waals surface area contributed by atoms with Crippen LogP contribution in [-0.4, -0.2) is 0 Å². The predicted molar refractivity (Wildman–Crippen MR) is 208 cm³/mol. The SMILES string of the molecule is c1ccc(-c2ccc(N(c3ccc(-c4ccccc4)cc3)c3cc4cc(-c5ccccc5)ccc4c4sc5ccccc5c34)cc2)cc1. The van der Waals surface area contributed by atoms with Crippen molar-refractivity contribution < 1.29 is 0 Å². The Morgan fingerprint density at radius 1 is 0.354 bits per heavy atom. The Hall–Kier alpha value is -5.96. The molecule has 48 heavy (non-hydrogen) atoms. The minimum atomic E-state index is 1.12. The molecule has 0 aliphatic heterocycles. The molecule has 1 heterocycles. The lowest BCUT2D eigenvalue weighted by Gasteiger charge is -2.27. The van der Waals surface area contributed by atoms with E-state index in [1.165, 1.54) is 70.0 Å². The van der Waals surface area contributed by atoms with Gasteiger partial charge in [-0.05, 0) is 86.6 Å². The lowest BCUT2D eigenvalue weighted by atomic mass is 9.97. The number of benzene rings is 8. The summed E-state index contributed by atoms with van der Waals surface area (Å²) in [5.41, 5.74) is 10.7. The van der Waals surface area contributed by atoms with E-state index >= 15 is 0 Å².